The van der Waals surface area contributed by atoms with E-state index in [1.54, 1.807) is 0 Å². The number of hydrogen-bond donors (Lipinski definition) is 0. The Morgan fingerprint density at radius 3 is 1.90 bits per heavy atom. The molecular formula is C26H29NO2. The van der Waals surface area contributed by atoms with E-state index in [-0.39, 0.29) is 5.91 Å². The first kappa shape index (κ1) is 20.7. The second-order valence-corrected chi connectivity index (χ2v) is 7.45. The molecule has 150 valence electrons. The monoisotopic (exact) mass is 387 g/mol. The van der Waals surface area contributed by atoms with Crippen LogP contribution in [0.5, 0.6) is 5.75 Å². The maximum atomic E-state index is 13.5. The predicted octanol–water partition coefficient (Wildman–Crippen LogP) is 5.69. The highest BCUT2D eigenvalue weighted by molar-refractivity contribution is 5.81. The first-order chi connectivity index (χ1) is 14.1. The maximum Gasteiger partial charge on any atom is 0.264 e. The van der Waals surface area contributed by atoms with Crippen LogP contribution in [-0.2, 0) is 17.9 Å². The Morgan fingerprint density at radius 2 is 1.41 bits per heavy atom. The number of nitrogens with zero attached hydrogens (tertiary/aromatic N) is 1. The second kappa shape index (κ2) is 9.92. The Labute approximate surface area is 174 Å². The summed E-state index contributed by atoms with van der Waals surface area (Å²) in [4.78, 5) is 15.4. The van der Waals surface area contributed by atoms with Gasteiger partial charge in [0.1, 0.15) is 5.75 Å². The van der Waals surface area contributed by atoms with Crippen LogP contribution >= 0.6 is 0 Å². The topological polar surface area (TPSA) is 29.5 Å². The van der Waals surface area contributed by atoms with Gasteiger partial charge in [-0.05, 0) is 43.0 Å². The van der Waals surface area contributed by atoms with Gasteiger partial charge in [-0.1, -0.05) is 85.3 Å². The summed E-state index contributed by atoms with van der Waals surface area (Å²) in [5.74, 6) is 0.787. The molecule has 0 N–H and O–H groups in total. The number of hydrogen-bond acceptors (Lipinski definition) is 2. The Kier molecular flexibility index (Phi) is 7.07. The molecular weight excluding hydrogens is 358 g/mol. The zero-order valence-electron chi connectivity index (χ0n) is 17.5. The van der Waals surface area contributed by atoms with Gasteiger partial charge in [-0.15, -0.1) is 0 Å². The van der Waals surface area contributed by atoms with Crippen molar-refractivity contribution in [1.29, 1.82) is 0 Å². The van der Waals surface area contributed by atoms with E-state index < -0.39 is 6.10 Å². The summed E-state index contributed by atoms with van der Waals surface area (Å²) in [7, 11) is 0. The van der Waals surface area contributed by atoms with E-state index in [1.807, 2.05) is 67.3 Å². The highest BCUT2D eigenvalue weighted by atomic mass is 16.5. The van der Waals surface area contributed by atoms with Crippen LogP contribution in [0.2, 0.25) is 0 Å². The molecule has 1 atom stereocenters. The van der Waals surface area contributed by atoms with E-state index in [0.29, 0.717) is 19.5 Å². The quantitative estimate of drug-likeness (QED) is 0.497. The van der Waals surface area contributed by atoms with Crippen LogP contribution in [0.3, 0.4) is 0 Å². The van der Waals surface area contributed by atoms with Gasteiger partial charge < -0.3 is 9.64 Å². The molecule has 0 heterocycles. The third-order valence-corrected chi connectivity index (χ3v) is 4.99. The van der Waals surface area contributed by atoms with Crippen molar-refractivity contribution in [3.63, 3.8) is 0 Å². The summed E-state index contributed by atoms with van der Waals surface area (Å²) in [6.07, 6.45) is 0.107. The van der Waals surface area contributed by atoms with Crippen LogP contribution in [-0.4, -0.2) is 16.9 Å². The van der Waals surface area contributed by atoms with Crippen molar-refractivity contribution in [3.8, 4) is 5.75 Å². The summed E-state index contributed by atoms with van der Waals surface area (Å²) < 4.78 is 6.18. The van der Waals surface area contributed by atoms with Gasteiger partial charge in [-0.3, -0.25) is 4.79 Å². The van der Waals surface area contributed by atoms with Gasteiger partial charge in [-0.2, -0.15) is 0 Å². The average molecular weight is 388 g/mol. The number of carbonyl (C=O) groups is 1. The largest absolute Gasteiger partial charge is 0.480 e. The van der Waals surface area contributed by atoms with Gasteiger partial charge in [0.25, 0.3) is 5.91 Å². The minimum atomic E-state index is -0.510. The minimum absolute atomic E-state index is 0.0141. The third-order valence-electron chi connectivity index (χ3n) is 4.99. The number of rotatable bonds is 8. The highest BCUT2D eigenvalue weighted by Crippen LogP contribution is 2.22. The fraction of sp³-hybridized carbons (Fsp3) is 0.269. The minimum Gasteiger partial charge on any atom is -0.480 e. The van der Waals surface area contributed by atoms with Crippen LogP contribution in [0.4, 0.5) is 0 Å². The van der Waals surface area contributed by atoms with Crippen molar-refractivity contribution in [3.05, 3.63) is 101 Å². The van der Waals surface area contributed by atoms with E-state index in [2.05, 4.69) is 37.3 Å². The molecule has 0 fully saturated rings. The molecule has 0 aromatic heterocycles. The summed E-state index contributed by atoms with van der Waals surface area (Å²) in [6, 6.07) is 26.3. The Bertz CT molecular complexity index is 880. The Morgan fingerprint density at radius 1 is 0.862 bits per heavy atom. The lowest BCUT2D eigenvalue weighted by molar-refractivity contribution is -0.140. The van der Waals surface area contributed by atoms with Gasteiger partial charge in [-0.25, -0.2) is 0 Å². The molecule has 3 rings (SSSR count). The lowest BCUT2D eigenvalue weighted by Gasteiger charge is -2.28. The van der Waals surface area contributed by atoms with Gasteiger partial charge in [0.05, 0.1) is 0 Å². The van der Waals surface area contributed by atoms with Crippen LogP contribution < -0.4 is 4.74 Å². The van der Waals surface area contributed by atoms with Crippen molar-refractivity contribution in [1.82, 2.24) is 4.90 Å². The molecule has 29 heavy (non-hydrogen) atoms. The van der Waals surface area contributed by atoms with E-state index in [9.17, 15) is 4.79 Å². The van der Waals surface area contributed by atoms with E-state index in [0.717, 1.165) is 22.4 Å². The smallest absolute Gasteiger partial charge is 0.264 e. The fourth-order valence-corrected chi connectivity index (χ4v) is 3.42. The zero-order valence-corrected chi connectivity index (χ0v) is 17.5. The summed E-state index contributed by atoms with van der Waals surface area (Å²) >= 11 is 0. The Hall–Kier alpha value is -3.07. The molecule has 0 bridgehead atoms. The average Bonchev–Trinajstić information content (AvgIpc) is 2.74. The summed E-state index contributed by atoms with van der Waals surface area (Å²) in [5.41, 5.74) is 4.45. The number of benzene rings is 3. The van der Waals surface area contributed by atoms with Crippen molar-refractivity contribution in [2.75, 3.05) is 0 Å². The van der Waals surface area contributed by atoms with Crippen LogP contribution in [0, 0.1) is 13.8 Å². The fourth-order valence-electron chi connectivity index (χ4n) is 3.42. The highest BCUT2D eigenvalue weighted by Gasteiger charge is 2.25. The molecule has 3 aromatic carbocycles. The molecule has 0 saturated carbocycles. The standard InChI is InChI=1S/C26H29NO2/c1-4-24(29-25-16-15-20(2)17-21(25)3)26(28)27(18-22-11-7-5-8-12-22)19-23-13-9-6-10-14-23/h5-17,24H,4,18-19H2,1-3H3. The van der Waals surface area contributed by atoms with Crippen molar-refractivity contribution in [2.24, 2.45) is 0 Å². The second-order valence-electron chi connectivity index (χ2n) is 7.45. The molecule has 1 amide bonds. The third kappa shape index (κ3) is 5.71. The van der Waals surface area contributed by atoms with Gasteiger partial charge in [0, 0.05) is 13.1 Å². The number of aryl methyl sites for hydroxylation is 2. The van der Waals surface area contributed by atoms with Crippen molar-refractivity contribution < 1.29 is 9.53 Å². The molecule has 3 nitrogen and oxygen atoms in total. The van der Waals surface area contributed by atoms with Gasteiger partial charge >= 0.3 is 0 Å². The zero-order chi connectivity index (χ0) is 20.6. The molecule has 3 aromatic rings. The number of ether oxygens (including phenoxy) is 1. The lowest BCUT2D eigenvalue weighted by Crippen LogP contribution is -2.41. The molecule has 3 heteroatoms. The molecule has 0 saturated heterocycles. The number of amides is 1. The molecule has 1 unspecified atom stereocenters. The number of carbonyl (C=O) groups excluding carboxylic acids is 1. The summed E-state index contributed by atoms with van der Waals surface area (Å²) in [6.45, 7) is 7.18. The molecule has 0 spiro atoms. The Balaban J connectivity index is 1.82. The van der Waals surface area contributed by atoms with Crippen LogP contribution in [0.25, 0.3) is 0 Å². The first-order valence-corrected chi connectivity index (χ1v) is 10.2. The van der Waals surface area contributed by atoms with Gasteiger partial charge in [0.15, 0.2) is 6.10 Å². The lowest BCUT2D eigenvalue weighted by atomic mass is 10.1. The van der Waals surface area contributed by atoms with Crippen molar-refractivity contribution >= 4 is 5.91 Å². The molecule has 0 aliphatic heterocycles. The van der Waals surface area contributed by atoms with Crippen molar-refractivity contribution in [2.45, 2.75) is 46.4 Å². The van der Waals surface area contributed by atoms with E-state index in [1.165, 1.54) is 5.56 Å². The SMILES string of the molecule is CCC(Oc1ccc(C)cc1C)C(=O)N(Cc1ccccc1)Cc1ccccc1. The van der Waals surface area contributed by atoms with Crippen LogP contribution in [0.1, 0.15) is 35.6 Å². The normalized spacial score (nSPS) is 11.7. The van der Waals surface area contributed by atoms with Gasteiger partial charge in [0.2, 0.25) is 0 Å². The predicted molar refractivity (Wildman–Crippen MR) is 118 cm³/mol. The summed E-state index contributed by atoms with van der Waals surface area (Å²) in [5, 5.41) is 0. The van der Waals surface area contributed by atoms with E-state index in [4.69, 9.17) is 4.74 Å². The first-order valence-electron chi connectivity index (χ1n) is 10.2. The molecule has 0 aliphatic rings. The van der Waals surface area contributed by atoms with Crippen LogP contribution in [0.15, 0.2) is 78.9 Å². The maximum absolute atomic E-state index is 13.5. The van der Waals surface area contributed by atoms with E-state index >= 15 is 0 Å². The molecule has 0 aliphatic carbocycles. The molecule has 0 radical (unpaired) electrons.